The number of piperidine rings is 1. The summed E-state index contributed by atoms with van der Waals surface area (Å²) in [6.07, 6.45) is 1.08. The van der Waals surface area contributed by atoms with E-state index in [2.05, 4.69) is 15.5 Å². The summed E-state index contributed by atoms with van der Waals surface area (Å²) in [5, 5.41) is 10.5. The van der Waals surface area contributed by atoms with Crippen LogP contribution in [0.2, 0.25) is 0 Å². The minimum atomic E-state index is -3.75. The van der Waals surface area contributed by atoms with Crippen molar-refractivity contribution in [1.82, 2.24) is 14.5 Å². The molecule has 4 rings (SSSR count). The molecule has 12 heteroatoms. The molecule has 0 spiro atoms. The Bertz CT molecular complexity index is 1290. The van der Waals surface area contributed by atoms with Crippen LogP contribution in [0, 0.1) is 5.92 Å². The zero-order valence-electron chi connectivity index (χ0n) is 19.6. The first-order valence-electron chi connectivity index (χ1n) is 10.9. The molecule has 1 aliphatic heterocycles. The van der Waals surface area contributed by atoms with Gasteiger partial charge < -0.3 is 18.6 Å². The van der Waals surface area contributed by atoms with Crippen LogP contribution in [-0.4, -0.2) is 63.2 Å². The monoisotopic (exact) mass is 502 g/mol. The highest BCUT2D eigenvalue weighted by atomic mass is 32.2. The first kappa shape index (κ1) is 24.5. The van der Waals surface area contributed by atoms with Gasteiger partial charge in [-0.2, -0.15) is 4.31 Å². The minimum absolute atomic E-state index is 0.0465. The number of carbonyl (C=O) groups excluding carboxylic acids is 1. The third-order valence-electron chi connectivity index (χ3n) is 5.74. The van der Waals surface area contributed by atoms with Crippen LogP contribution in [-0.2, 0) is 14.8 Å². The van der Waals surface area contributed by atoms with Gasteiger partial charge in [0.15, 0.2) is 0 Å². The van der Waals surface area contributed by atoms with Gasteiger partial charge in [-0.15, -0.1) is 5.10 Å². The fraction of sp³-hybridized carbons (Fsp3) is 0.348. The predicted molar refractivity (Wildman–Crippen MR) is 126 cm³/mol. The number of ether oxygens (including phenoxy) is 3. The molecule has 2 heterocycles. The van der Waals surface area contributed by atoms with Crippen molar-refractivity contribution in [2.75, 3.05) is 39.7 Å². The molecule has 11 nitrogen and oxygen atoms in total. The van der Waals surface area contributed by atoms with Crippen molar-refractivity contribution in [2.45, 2.75) is 17.7 Å². The summed E-state index contributed by atoms with van der Waals surface area (Å²) in [5.74, 6) is 0.809. The molecule has 1 unspecified atom stereocenters. The van der Waals surface area contributed by atoms with Crippen LogP contribution in [0.5, 0.6) is 17.2 Å². The van der Waals surface area contributed by atoms with E-state index in [1.807, 2.05) is 0 Å². The molecule has 186 valence electrons. The number of anilines is 1. The van der Waals surface area contributed by atoms with Gasteiger partial charge >= 0.3 is 6.01 Å². The molecule has 0 radical (unpaired) electrons. The van der Waals surface area contributed by atoms with Crippen LogP contribution < -0.4 is 19.5 Å². The van der Waals surface area contributed by atoms with Crippen molar-refractivity contribution >= 4 is 21.9 Å². The molecule has 35 heavy (non-hydrogen) atoms. The van der Waals surface area contributed by atoms with Gasteiger partial charge in [0.05, 0.1) is 37.7 Å². The number of rotatable bonds is 8. The van der Waals surface area contributed by atoms with Gasteiger partial charge in [-0.25, -0.2) is 8.42 Å². The second-order valence-corrected chi connectivity index (χ2v) is 9.78. The molecule has 1 amide bonds. The number of hydrogen-bond donors (Lipinski definition) is 1. The highest BCUT2D eigenvalue weighted by molar-refractivity contribution is 7.89. The molecule has 1 saturated heterocycles. The Morgan fingerprint density at radius 2 is 1.74 bits per heavy atom. The van der Waals surface area contributed by atoms with Gasteiger partial charge in [0.25, 0.3) is 5.89 Å². The van der Waals surface area contributed by atoms with Gasteiger partial charge in [-0.3, -0.25) is 10.1 Å². The Kier molecular flexibility index (Phi) is 7.22. The first-order chi connectivity index (χ1) is 16.8. The van der Waals surface area contributed by atoms with E-state index < -0.39 is 21.8 Å². The maximum absolute atomic E-state index is 13.1. The number of methoxy groups -OCH3 is 3. The molecular weight excluding hydrogens is 476 g/mol. The fourth-order valence-corrected chi connectivity index (χ4v) is 5.37. The number of carbonyl (C=O) groups is 1. The number of nitrogens with one attached hydrogen (secondary N) is 1. The number of hydrogen-bond acceptors (Lipinski definition) is 9. The summed E-state index contributed by atoms with van der Waals surface area (Å²) >= 11 is 0. The average molecular weight is 503 g/mol. The Labute approximate surface area is 203 Å². The second-order valence-electron chi connectivity index (χ2n) is 7.85. The van der Waals surface area contributed by atoms with E-state index in [9.17, 15) is 13.2 Å². The molecule has 2 aromatic carbocycles. The third kappa shape index (κ3) is 5.23. The van der Waals surface area contributed by atoms with Gasteiger partial charge in [-0.05, 0) is 55.3 Å². The summed E-state index contributed by atoms with van der Waals surface area (Å²) in [4.78, 5) is 13.1. The highest BCUT2D eigenvalue weighted by Gasteiger charge is 2.34. The maximum atomic E-state index is 13.1. The van der Waals surface area contributed by atoms with Crippen molar-refractivity contribution in [3.8, 4) is 28.7 Å². The van der Waals surface area contributed by atoms with Crippen LogP contribution >= 0.6 is 0 Å². The number of amides is 1. The first-order valence-corrected chi connectivity index (χ1v) is 12.3. The van der Waals surface area contributed by atoms with Crippen LogP contribution in [0.25, 0.3) is 11.5 Å². The third-order valence-corrected chi connectivity index (χ3v) is 7.62. The maximum Gasteiger partial charge on any atom is 0.322 e. The smallest absolute Gasteiger partial charge is 0.322 e. The van der Waals surface area contributed by atoms with E-state index in [0.717, 1.165) is 0 Å². The topological polar surface area (TPSA) is 133 Å². The van der Waals surface area contributed by atoms with Crippen molar-refractivity contribution in [3.05, 3.63) is 42.5 Å². The summed E-state index contributed by atoms with van der Waals surface area (Å²) in [5.41, 5.74) is 0.509. The molecule has 1 aliphatic rings. The predicted octanol–water partition coefficient (Wildman–Crippen LogP) is 2.80. The van der Waals surface area contributed by atoms with Crippen LogP contribution in [0.15, 0.2) is 51.8 Å². The summed E-state index contributed by atoms with van der Waals surface area (Å²) < 4.78 is 48.8. The number of benzene rings is 2. The molecule has 3 aromatic rings. The Morgan fingerprint density at radius 1 is 1.03 bits per heavy atom. The number of sulfonamides is 1. The lowest BCUT2D eigenvalue weighted by Gasteiger charge is -2.30. The molecular formula is C23H26N4O7S. The standard InChI is InChI=1S/C23H26N4O7S/c1-31-16-6-9-18(10-7-16)35(29,30)27-12-4-5-15(14-27)21(28)24-23-26-25-22(34-23)19-13-17(32-2)8-11-20(19)33-3/h6-11,13,15H,4-5,12,14H2,1-3H3,(H,24,26,28). The lowest BCUT2D eigenvalue weighted by atomic mass is 9.99. The Balaban J connectivity index is 1.46. The van der Waals surface area contributed by atoms with Crippen molar-refractivity contribution in [1.29, 1.82) is 0 Å². The molecule has 1 aromatic heterocycles. The number of nitrogens with zero attached hydrogens (tertiary/aromatic N) is 3. The van der Waals surface area contributed by atoms with Gasteiger partial charge in [0.1, 0.15) is 17.2 Å². The van der Waals surface area contributed by atoms with E-state index >= 15 is 0 Å². The van der Waals surface area contributed by atoms with Crippen molar-refractivity contribution in [2.24, 2.45) is 5.92 Å². The Morgan fingerprint density at radius 3 is 2.43 bits per heavy atom. The largest absolute Gasteiger partial charge is 0.497 e. The highest BCUT2D eigenvalue weighted by Crippen LogP contribution is 2.33. The molecule has 1 N–H and O–H groups in total. The van der Waals surface area contributed by atoms with E-state index in [1.165, 1.54) is 37.8 Å². The minimum Gasteiger partial charge on any atom is -0.497 e. The van der Waals surface area contributed by atoms with E-state index in [4.69, 9.17) is 18.6 Å². The normalized spacial score (nSPS) is 16.5. The van der Waals surface area contributed by atoms with Crippen LogP contribution in [0.1, 0.15) is 12.8 Å². The van der Waals surface area contributed by atoms with Crippen LogP contribution in [0.4, 0.5) is 6.01 Å². The summed E-state index contributed by atoms with van der Waals surface area (Å²) in [7, 11) is 0.807. The zero-order valence-corrected chi connectivity index (χ0v) is 20.4. The fourth-order valence-electron chi connectivity index (χ4n) is 3.84. The molecule has 1 fully saturated rings. The second kappa shape index (κ2) is 10.3. The van der Waals surface area contributed by atoms with Gasteiger partial charge in [0.2, 0.25) is 15.9 Å². The molecule has 0 saturated carbocycles. The van der Waals surface area contributed by atoms with E-state index in [0.29, 0.717) is 42.2 Å². The average Bonchev–Trinajstić information content (AvgIpc) is 3.36. The number of aromatic nitrogens is 2. The molecule has 0 aliphatic carbocycles. The van der Waals surface area contributed by atoms with E-state index in [-0.39, 0.29) is 23.3 Å². The summed E-state index contributed by atoms with van der Waals surface area (Å²) in [6.45, 7) is 0.378. The quantitative estimate of drug-likeness (QED) is 0.493. The lowest BCUT2D eigenvalue weighted by Crippen LogP contribution is -2.43. The zero-order chi connectivity index (χ0) is 25.0. The van der Waals surface area contributed by atoms with Gasteiger partial charge in [-0.1, -0.05) is 5.10 Å². The molecule has 1 atom stereocenters. The van der Waals surface area contributed by atoms with E-state index in [1.54, 1.807) is 30.3 Å². The van der Waals surface area contributed by atoms with Crippen molar-refractivity contribution in [3.63, 3.8) is 0 Å². The SMILES string of the molecule is COc1ccc(S(=O)(=O)N2CCCC(C(=O)Nc3nnc(-c4cc(OC)ccc4OC)o3)C2)cc1. The Hall–Kier alpha value is -3.64. The summed E-state index contributed by atoms with van der Waals surface area (Å²) in [6, 6.07) is 11.2. The lowest BCUT2D eigenvalue weighted by molar-refractivity contribution is -0.121. The van der Waals surface area contributed by atoms with Gasteiger partial charge in [0, 0.05) is 13.1 Å². The van der Waals surface area contributed by atoms with Crippen LogP contribution in [0.3, 0.4) is 0 Å². The molecule has 0 bridgehead atoms. The van der Waals surface area contributed by atoms with Crippen molar-refractivity contribution < 1.29 is 31.8 Å².